The van der Waals surface area contributed by atoms with Crippen molar-refractivity contribution in [2.75, 3.05) is 0 Å². The fourth-order valence-electron chi connectivity index (χ4n) is 3.49. The molecular formula is C17H19N3S. The molecule has 0 aliphatic heterocycles. The van der Waals surface area contributed by atoms with Gasteiger partial charge >= 0.3 is 0 Å². The van der Waals surface area contributed by atoms with Crippen LogP contribution in [-0.4, -0.2) is 15.4 Å². The van der Waals surface area contributed by atoms with Crippen LogP contribution in [0.2, 0.25) is 0 Å². The molecule has 0 spiro atoms. The molecule has 1 aliphatic rings. The van der Waals surface area contributed by atoms with Gasteiger partial charge in [0.1, 0.15) is 0 Å². The number of hydrogen-bond acceptors (Lipinski definition) is 3. The molecule has 108 valence electrons. The maximum atomic E-state index is 6.54. The van der Waals surface area contributed by atoms with Crippen LogP contribution in [0.25, 0.3) is 4.96 Å². The first-order valence-corrected chi connectivity index (χ1v) is 8.44. The fraction of sp³-hybridized carbons (Fsp3) is 0.353. The zero-order valence-electron chi connectivity index (χ0n) is 11.9. The van der Waals surface area contributed by atoms with Crippen LogP contribution in [0.3, 0.4) is 0 Å². The normalized spacial score (nSPS) is 19.6. The van der Waals surface area contributed by atoms with Crippen LogP contribution in [0.1, 0.15) is 35.6 Å². The summed E-state index contributed by atoms with van der Waals surface area (Å²) in [5, 5.41) is 2.06. The molecule has 4 rings (SSSR count). The van der Waals surface area contributed by atoms with Crippen molar-refractivity contribution in [1.82, 2.24) is 9.38 Å². The monoisotopic (exact) mass is 297 g/mol. The van der Waals surface area contributed by atoms with Crippen molar-refractivity contribution >= 4 is 16.3 Å². The molecular weight excluding hydrogens is 278 g/mol. The molecule has 1 aromatic carbocycles. The lowest BCUT2D eigenvalue weighted by Gasteiger charge is -2.30. The highest BCUT2D eigenvalue weighted by molar-refractivity contribution is 7.15. The van der Waals surface area contributed by atoms with Gasteiger partial charge in [-0.25, -0.2) is 4.98 Å². The molecule has 2 heterocycles. The van der Waals surface area contributed by atoms with Crippen LogP contribution in [0.4, 0.5) is 0 Å². The molecule has 0 bridgehead atoms. The highest BCUT2D eigenvalue weighted by Gasteiger charge is 2.26. The molecule has 2 atom stereocenters. The average Bonchev–Trinajstić information content (AvgIpc) is 3.07. The number of rotatable bonds is 3. The Morgan fingerprint density at radius 3 is 3.19 bits per heavy atom. The minimum atomic E-state index is 0.149. The molecule has 0 amide bonds. The Hall–Kier alpha value is -1.65. The number of nitrogens with zero attached hydrogens (tertiary/aromatic N) is 2. The summed E-state index contributed by atoms with van der Waals surface area (Å²) in [6, 6.07) is 8.93. The van der Waals surface area contributed by atoms with Gasteiger partial charge in [-0.2, -0.15) is 0 Å². The van der Waals surface area contributed by atoms with Gasteiger partial charge in [-0.05, 0) is 36.3 Å². The predicted octanol–water partition coefficient (Wildman–Crippen LogP) is 3.39. The number of thiazole rings is 1. The molecule has 2 aromatic heterocycles. The fourth-order valence-corrected chi connectivity index (χ4v) is 4.21. The predicted molar refractivity (Wildman–Crippen MR) is 86.9 cm³/mol. The van der Waals surface area contributed by atoms with Crippen molar-refractivity contribution in [3.8, 4) is 0 Å². The van der Waals surface area contributed by atoms with E-state index in [-0.39, 0.29) is 6.04 Å². The molecule has 4 heteroatoms. The number of aromatic nitrogens is 2. The van der Waals surface area contributed by atoms with E-state index in [2.05, 4.69) is 51.4 Å². The largest absolute Gasteiger partial charge is 0.327 e. The highest BCUT2D eigenvalue weighted by atomic mass is 32.1. The molecule has 0 saturated heterocycles. The van der Waals surface area contributed by atoms with Crippen molar-refractivity contribution in [1.29, 1.82) is 0 Å². The Kier molecular flexibility index (Phi) is 3.28. The van der Waals surface area contributed by atoms with E-state index in [0.717, 1.165) is 17.1 Å². The number of nitrogens with two attached hydrogens (primary N) is 1. The summed E-state index contributed by atoms with van der Waals surface area (Å²) in [5.41, 5.74) is 10.6. The molecule has 3 aromatic rings. The molecule has 0 saturated carbocycles. The lowest BCUT2D eigenvalue weighted by molar-refractivity contribution is 0.458. The zero-order valence-corrected chi connectivity index (χ0v) is 12.7. The summed E-state index contributed by atoms with van der Waals surface area (Å²) in [7, 11) is 0. The summed E-state index contributed by atoms with van der Waals surface area (Å²) >= 11 is 1.67. The number of aryl methyl sites for hydroxylation is 1. The van der Waals surface area contributed by atoms with E-state index in [1.807, 2.05) is 0 Å². The van der Waals surface area contributed by atoms with Crippen LogP contribution in [-0.2, 0) is 12.8 Å². The van der Waals surface area contributed by atoms with Gasteiger partial charge in [0.05, 0.1) is 5.69 Å². The number of hydrogen-bond donors (Lipinski definition) is 1. The lowest BCUT2D eigenvalue weighted by atomic mass is 9.78. The second kappa shape index (κ2) is 5.28. The van der Waals surface area contributed by atoms with Crippen molar-refractivity contribution in [2.45, 2.75) is 37.6 Å². The maximum Gasteiger partial charge on any atom is 0.193 e. The van der Waals surface area contributed by atoms with E-state index in [9.17, 15) is 0 Å². The van der Waals surface area contributed by atoms with Gasteiger partial charge in [0.2, 0.25) is 0 Å². The van der Waals surface area contributed by atoms with Gasteiger partial charge in [0.25, 0.3) is 0 Å². The highest BCUT2D eigenvalue weighted by Crippen LogP contribution is 2.34. The van der Waals surface area contributed by atoms with Crippen molar-refractivity contribution in [3.63, 3.8) is 0 Å². The van der Waals surface area contributed by atoms with Gasteiger partial charge in [0, 0.05) is 30.2 Å². The first-order chi connectivity index (χ1) is 10.3. The molecule has 3 nitrogen and oxygen atoms in total. The Labute approximate surface area is 128 Å². The number of imidazole rings is 1. The minimum absolute atomic E-state index is 0.149. The number of fused-ring (bicyclic) bond motifs is 2. The summed E-state index contributed by atoms with van der Waals surface area (Å²) in [4.78, 5) is 5.72. The van der Waals surface area contributed by atoms with E-state index in [4.69, 9.17) is 5.73 Å². The lowest BCUT2D eigenvalue weighted by Crippen LogP contribution is -2.33. The molecule has 21 heavy (non-hydrogen) atoms. The van der Waals surface area contributed by atoms with E-state index in [1.165, 1.54) is 30.4 Å². The summed E-state index contributed by atoms with van der Waals surface area (Å²) in [6.07, 6.45) is 8.65. The molecule has 0 fully saturated rings. The second-order valence-corrected chi connectivity index (χ2v) is 6.76. The van der Waals surface area contributed by atoms with Gasteiger partial charge in [-0.3, -0.25) is 4.40 Å². The third-order valence-electron chi connectivity index (χ3n) is 4.52. The van der Waals surface area contributed by atoms with Gasteiger partial charge < -0.3 is 5.73 Å². The topological polar surface area (TPSA) is 43.3 Å². The quantitative estimate of drug-likeness (QED) is 0.805. The third-order valence-corrected chi connectivity index (χ3v) is 5.29. The average molecular weight is 297 g/mol. The van der Waals surface area contributed by atoms with E-state index < -0.39 is 0 Å². The Morgan fingerprint density at radius 2 is 2.29 bits per heavy atom. The number of benzene rings is 1. The maximum absolute atomic E-state index is 6.54. The van der Waals surface area contributed by atoms with Crippen LogP contribution in [0.15, 0.2) is 42.0 Å². The molecule has 2 N–H and O–H groups in total. The van der Waals surface area contributed by atoms with Crippen molar-refractivity contribution in [2.24, 2.45) is 5.73 Å². The zero-order chi connectivity index (χ0) is 14.2. The second-order valence-electron chi connectivity index (χ2n) is 5.89. The van der Waals surface area contributed by atoms with Gasteiger partial charge in [-0.1, -0.05) is 24.3 Å². The Bertz CT molecular complexity index is 730. The van der Waals surface area contributed by atoms with Gasteiger partial charge in [-0.15, -0.1) is 11.3 Å². The van der Waals surface area contributed by atoms with Crippen molar-refractivity contribution < 1.29 is 0 Å². The summed E-state index contributed by atoms with van der Waals surface area (Å²) < 4.78 is 2.08. The van der Waals surface area contributed by atoms with Gasteiger partial charge in [0.15, 0.2) is 4.96 Å². The standard InChI is InChI=1S/C17H19N3S/c18-16(10-13-11-20-8-9-21-17(20)19-13)15-7-3-5-12-4-1-2-6-14(12)15/h1-2,4,6,8-9,11,15-16H,3,5,7,10,18H2. The van der Waals surface area contributed by atoms with Crippen molar-refractivity contribution in [3.05, 3.63) is 58.9 Å². The summed E-state index contributed by atoms with van der Waals surface area (Å²) in [5.74, 6) is 0.467. The molecule has 2 unspecified atom stereocenters. The SMILES string of the molecule is NC(Cc1cn2ccsc2n1)C1CCCc2ccccc21. The minimum Gasteiger partial charge on any atom is -0.327 e. The third kappa shape index (κ3) is 2.39. The Morgan fingerprint density at radius 1 is 1.38 bits per heavy atom. The van der Waals surface area contributed by atoms with Crippen LogP contribution in [0.5, 0.6) is 0 Å². The summed E-state index contributed by atoms with van der Waals surface area (Å²) in [6.45, 7) is 0. The van der Waals surface area contributed by atoms with E-state index in [1.54, 1.807) is 11.3 Å². The molecule has 1 aliphatic carbocycles. The first kappa shape index (κ1) is 13.0. The Balaban J connectivity index is 1.57. The van der Waals surface area contributed by atoms with E-state index >= 15 is 0 Å². The van der Waals surface area contributed by atoms with E-state index in [0.29, 0.717) is 5.92 Å². The van der Waals surface area contributed by atoms with Crippen LogP contribution >= 0.6 is 11.3 Å². The van der Waals surface area contributed by atoms with Crippen LogP contribution in [0, 0.1) is 0 Å². The first-order valence-electron chi connectivity index (χ1n) is 7.56. The smallest absolute Gasteiger partial charge is 0.193 e. The van der Waals surface area contributed by atoms with Crippen LogP contribution < -0.4 is 5.73 Å². The molecule has 0 radical (unpaired) electrons.